The van der Waals surface area contributed by atoms with Crippen molar-refractivity contribution in [3.63, 3.8) is 0 Å². The van der Waals surface area contributed by atoms with E-state index < -0.39 is 0 Å². The Balaban J connectivity index is 1.33. The van der Waals surface area contributed by atoms with E-state index in [2.05, 4.69) is 158 Å². The van der Waals surface area contributed by atoms with Crippen LogP contribution in [0, 0.1) is 0 Å². The Morgan fingerprint density at radius 1 is 0.500 bits per heavy atom. The highest BCUT2D eigenvalue weighted by Crippen LogP contribution is 2.52. The van der Waals surface area contributed by atoms with Gasteiger partial charge in [-0.2, -0.15) is 0 Å². The average molecular weight is 588 g/mol. The molecule has 0 aliphatic heterocycles. The number of fused-ring (bicyclic) bond motifs is 11. The lowest BCUT2D eigenvalue weighted by atomic mass is 9.80. The summed E-state index contributed by atoms with van der Waals surface area (Å²) >= 11 is 0. The maximum absolute atomic E-state index is 5.37. The van der Waals surface area contributed by atoms with Crippen LogP contribution in [0.4, 0.5) is 0 Å². The molecule has 2 aromatic heterocycles. The molecule has 0 fully saturated rings. The number of hydrogen-bond acceptors (Lipinski definition) is 2. The molecule has 10 rings (SSSR count). The van der Waals surface area contributed by atoms with Gasteiger partial charge in [0.2, 0.25) is 5.95 Å². The summed E-state index contributed by atoms with van der Waals surface area (Å²) in [4.78, 5) is 10.7. The molecular weight excluding hydrogens is 558 g/mol. The minimum absolute atomic E-state index is 0.0927. The number of nitrogens with zero attached hydrogens (tertiary/aromatic N) is 3. The first-order valence-corrected chi connectivity index (χ1v) is 15.9. The first-order valence-electron chi connectivity index (χ1n) is 15.9. The van der Waals surface area contributed by atoms with Crippen LogP contribution in [0.25, 0.3) is 82.6 Å². The molecule has 0 saturated carbocycles. The summed E-state index contributed by atoms with van der Waals surface area (Å²) in [5, 5.41) is 8.31. The second kappa shape index (κ2) is 9.12. The fourth-order valence-corrected chi connectivity index (χ4v) is 8.07. The molecular formula is C43H29N3. The summed E-state index contributed by atoms with van der Waals surface area (Å²) < 4.78 is 2.27. The number of rotatable bonds is 2. The quantitative estimate of drug-likeness (QED) is 0.188. The summed E-state index contributed by atoms with van der Waals surface area (Å²) in [5.74, 6) is 0.683. The minimum atomic E-state index is -0.0927. The lowest BCUT2D eigenvalue weighted by molar-refractivity contribution is 0.666. The summed E-state index contributed by atoms with van der Waals surface area (Å²) in [6, 6.07) is 50.3. The van der Waals surface area contributed by atoms with Crippen LogP contribution in [0.3, 0.4) is 0 Å². The molecule has 9 aromatic rings. The molecule has 0 N–H and O–H groups in total. The highest BCUT2D eigenvalue weighted by atomic mass is 15.2. The van der Waals surface area contributed by atoms with Gasteiger partial charge in [0, 0.05) is 32.5 Å². The van der Waals surface area contributed by atoms with E-state index in [0.29, 0.717) is 5.95 Å². The Morgan fingerprint density at radius 2 is 1.24 bits per heavy atom. The van der Waals surface area contributed by atoms with Crippen LogP contribution < -0.4 is 0 Å². The molecule has 1 aliphatic carbocycles. The zero-order chi connectivity index (χ0) is 30.6. The fraction of sp³-hybridized carbons (Fsp3) is 0.0698. The fourth-order valence-electron chi connectivity index (χ4n) is 8.07. The molecule has 3 heteroatoms. The van der Waals surface area contributed by atoms with Gasteiger partial charge < -0.3 is 0 Å². The van der Waals surface area contributed by atoms with Crippen LogP contribution >= 0.6 is 0 Å². The summed E-state index contributed by atoms with van der Waals surface area (Å²) in [6.07, 6.45) is 0. The normalized spacial score (nSPS) is 13.6. The first-order chi connectivity index (χ1) is 22.6. The van der Waals surface area contributed by atoms with Crippen molar-refractivity contribution in [2.75, 3.05) is 0 Å². The van der Waals surface area contributed by atoms with Crippen molar-refractivity contribution in [3.05, 3.63) is 151 Å². The highest BCUT2D eigenvalue weighted by Gasteiger charge is 2.36. The van der Waals surface area contributed by atoms with Crippen molar-refractivity contribution in [3.8, 4) is 28.3 Å². The Kier molecular flexibility index (Phi) is 5.06. The SMILES string of the molecule is CC1(C)c2ccccc2-c2ccc3cc4c(cc3c21)c1ccccc1n4-c1nc(-c2ccccc2)c2ccc3ccccc3c2n1. The Hall–Kier alpha value is -5.80. The van der Waals surface area contributed by atoms with Gasteiger partial charge in [-0.3, -0.25) is 4.57 Å². The van der Waals surface area contributed by atoms with E-state index in [4.69, 9.17) is 9.97 Å². The Morgan fingerprint density at radius 3 is 2.13 bits per heavy atom. The van der Waals surface area contributed by atoms with E-state index in [1.54, 1.807) is 0 Å². The molecule has 1 aliphatic rings. The van der Waals surface area contributed by atoms with Crippen LogP contribution in [0.1, 0.15) is 25.0 Å². The van der Waals surface area contributed by atoms with Crippen molar-refractivity contribution >= 4 is 54.3 Å². The van der Waals surface area contributed by atoms with Gasteiger partial charge in [0.05, 0.1) is 22.2 Å². The molecule has 3 nitrogen and oxygen atoms in total. The molecule has 0 unspecified atom stereocenters. The van der Waals surface area contributed by atoms with Crippen LogP contribution in [0.5, 0.6) is 0 Å². The van der Waals surface area contributed by atoms with E-state index >= 15 is 0 Å². The maximum Gasteiger partial charge on any atom is 0.235 e. The van der Waals surface area contributed by atoms with Gasteiger partial charge in [0.25, 0.3) is 0 Å². The van der Waals surface area contributed by atoms with E-state index in [9.17, 15) is 0 Å². The number of aromatic nitrogens is 3. The number of para-hydroxylation sites is 1. The lowest BCUT2D eigenvalue weighted by Crippen LogP contribution is -2.15. The predicted octanol–water partition coefficient (Wildman–Crippen LogP) is 11.0. The van der Waals surface area contributed by atoms with Crippen LogP contribution in [0.2, 0.25) is 0 Å². The largest absolute Gasteiger partial charge is 0.278 e. The standard InChI is InChI=1S/C43H29N3/c1-43(2)36-18-10-8-16-30(36)32-22-21-28-24-38-35(25-34(28)39(32)43)31-17-9-11-19-37(31)46(38)42-44-40(27-13-4-3-5-14-27)33-23-20-26-12-6-7-15-29(26)41(33)45-42/h3-25H,1-2H3. The zero-order valence-electron chi connectivity index (χ0n) is 25.6. The van der Waals surface area contributed by atoms with Gasteiger partial charge in [-0.1, -0.05) is 129 Å². The Bertz CT molecular complexity index is 2720. The summed E-state index contributed by atoms with van der Waals surface area (Å²) in [5.41, 5.74) is 10.6. The summed E-state index contributed by atoms with van der Waals surface area (Å²) in [7, 11) is 0. The monoisotopic (exact) mass is 587 g/mol. The average Bonchev–Trinajstić information content (AvgIpc) is 3.55. The molecule has 2 heterocycles. The number of hydrogen-bond donors (Lipinski definition) is 0. The molecule has 0 amide bonds. The third-order valence-corrected chi connectivity index (χ3v) is 10.2. The van der Waals surface area contributed by atoms with Gasteiger partial charge in [-0.05, 0) is 62.7 Å². The minimum Gasteiger partial charge on any atom is -0.278 e. The Labute approximate surface area is 266 Å². The van der Waals surface area contributed by atoms with Gasteiger partial charge in [0.15, 0.2) is 0 Å². The highest BCUT2D eigenvalue weighted by molar-refractivity contribution is 6.15. The second-order valence-corrected chi connectivity index (χ2v) is 13.0. The van der Waals surface area contributed by atoms with E-state index in [-0.39, 0.29) is 5.41 Å². The molecule has 7 aromatic carbocycles. The van der Waals surface area contributed by atoms with Crippen molar-refractivity contribution in [2.45, 2.75) is 19.3 Å². The van der Waals surface area contributed by atoms with Crippen molar-refractivity contribution in [1.82, 2.24) is 14.5 Å². The topological polar surface area (TPSA) is 30.7 Å². The number of benzene rings is 7. The third kappa shape index (κ3) is 3.37. The van der Waals surface area contributed by atoms with Crippen molar-refractivity contribution in [2.24, 2.45) is 0 Å². The van der Waals surface area contributed by atoms with Gasteiger partial charge in [0.1, 0.15) is 0 Å². The summed E-state index contributed by atoms with van der Waals surface area (Å²) in [6.45, 7) is 4.73. The van der Waals surface area contributed by atoms with Gasteiger partial charge >= 0.3 is 0 Å². The van der Waals surface area contributed by atoms with Crippen LogP contribution in [-0.2, 0) is 5.41 Å². The molecule has 0 spiro atoms. The van der Waals surface area contributed by atoms with E-state index in [1.165, 1.54) is 49.2 Å². The van der Waals surface area contributed by atoms with Crippen LogP contribution in [0.15, 0.2) is 140 Å². The maximum atomic E-state index is 5.37. The second-order valence-electron chi connectivity index (χ2n) is 13.0. The van der Waals surface area contributed by atoms with E-state index in [0.717, 1.165) is 38.6 Å². The molecule has 0 bridgehead atoms. The van der Waals surface area contributed by atoms with Gasteiger partial charge in [-0.15, -0.1) is 0 Å². The van der Waals surface area contributed by atoms with Crippen LogP contribution in [-0.4, -0.2) is 14.5 Å². The van der Waals surface area contributed by atoms with Crippen molar-refractivity contribution in [1.29, 1.82) is 0 Å². The predicted molar refractivity (Wildman–Crippen MR) is 192 cm³/mol. The zero-order valence-corrected chi connectivity index (χ0v) is 25.6. The molecule has 46 heavy (non-hydrogen) atoms. The molecule has 0 radical (unpaired) electrons. The molecule has 216 valence electrons. The molecule has 0 atom stereocenters. The third-order valence-electron chi connectivity index (χ3n) is 10.2. The smallest absolute Gasteiger partial charge is 0.235 e. The molecule has 0 saturated heterocycles. The van der Waals surface area contributed by atoms with Gasteiger partial charge in [-0.25, -0.2) is 9.97 Å². The van der Waals surface area contributed by atoms with Crippen molar-refractivity contribution < 1.29 is 0 Å². The first kappa shape index (κ1) is 25.5. The van der Waals surface area contributed by atoms with E-state index in [1.807, 2.05) is 0 Å². The lowest BCUT2D eigenvalue weighted by Gasteiger charge is -2.23.